The SMILES string of the molecule is c1ncn(-c2cnc(NC3CNCCO3)s2)n1. The molecule has 0 bridgehead atoms. The van der Waals surface area contributed by atoms with Crippen LogP contribution in [0.25, 0.3) is 5.00 Å². The van der Waals surface area contributed by atoms with Gasteiger partial charge in [-0.25, -0.2) is 14.6 Å². The monoisotopic (exact) mass is 252 g/mol. The van der Waals surface area contributed by atoms with E-state index in [9.17, 15) is 0 Å². The molecule has 17 heavy (non-hydrogen) atoms. The Labute approximate surface area is 102 Å². The summed E-state index contributed by atoms with van der Waals surface area (Å²) in [6.45, 7) is 2.41. The van der Waals surface area contributed by atoms with E-state index in [0.717, 1.165) is 29.8 Å². The van der Waals surface area contributed by atoms with E-state index in [0.29, 0.717) is 0 Å². The second-order valence-electron chi connectivity index (χ2n) is 3.55. The first-order chi connectivity index (χ1) is 8.42. The molecule has 1 fully saturated rings. The molecule has 0 saturated carbocycles. The zero-order chi connectivity index (χ0) is 11.5. The summed E-state index contributed by atoms with van der Waals surface area (Å²) in [7, 11) is 0. The number of morpholine rings is 1. The molecule has 2 N–H and O–H groups in total. The molecule has 8 heteroatoms. The quantitative estimate of drug-likeness (QED) is 0.805. The van der Waals surface area contributed by atoms with Gasteiger partial charge in [0, 0.05) is 13.1 Å². The minimum Gasteiger partial charge on any atom is -0.356 e. The summed E-state index contributed by atoms with van der Waals surface area (Å²) in [5, 5.41) is 12.3. The van der Waals surface area contributed by atoms with Crippen LogP contribution in [0.2, 0.25) is 0 Å². The van der Waals surface area contributed by atoms with Gasteiger partial charge in [-0.05, 0) is 0 Å². The fourth-order valence-corrected chi connectivity index (χ4v) is 2.34. The Balaban J connectivity index is 1.68. The summed E-state index contributed by atoms with van der Waals surface area (Å²) in [6, 6.07) is 0. The van der Waals surface area contributed by atoms with E-state index in [1.54, 1.807) is 17.2 Å². The molecule has 0 aromatic carbocycles. The second-order valence-corrected chi connectivity index (χ2v) is 4.56. The first-order valence-corrected chi connectivity index (χ1v) is 6.13. The van der Waals surface area contributed by atoms with Gasteiger partial charge < -0.3 is 15.4 Å². The van der Waals surface area contributed by atoms with Gasteiger partial charge in [0.25, 0.3) is 0 Å². The van der Waals surface area contributed by atoms with E-state index < -0.39 is 0 Å². The van der Waals surface area contributed by atoms with Gasteiger partial charge in [0.15, 0.2) is 5.13 Å². The molecule has 3 rings (SSSR count). The van der Waals surface area contributed by atoms with Gasteiger partial charge >= 0.3 is 0 Å². The van der Waals surface area contributed by atoms with Crippen molar-refractivity contribution in [2.75, 3.05) is 25.0 Å². The van der Waals surface area contributed by atoms with Gasteiger partial charge in [-0.2, -0.15) is 5.10 Å². The van der Waals surface area contributed by atoms with Crippen LogP contribution in [-0.4, -0.2) is 45.7 Å². The number of nitrogens with one attached hydrogen (secondary N) is 2. The number of hydrogen-bond acceptors (Lipinski definition) is 7. The van der Waals surface area contributed by atoms with Gasteiger partial charge in [-0.1, -0.05) is 11.3 Å². The second kappa shape index (κ2) is 4.78. The summed E-state index contributed by atoms with van der Waals surface area (Å²) in [5.41, 5.74) is 0. The first-order valence-electron chi connectivity index (χ1n) is 5.31. The molecule has 7 nitrogen and oxygen atoms in total. The lowest BCUT2D eigenvalue weighted by Gasteiger charge is -2.23. The average molecular weight is 252 g/mol. The Kier molecular flexibility index (Phi) is 2.99. The predicted octanol–water partition coefficient (Wildman–Crippen LogP) is 0.0816. The lowest BCUT2D eigenvalue weighted by Crippen LogP contribution is -2.42. The van der Waals surface area contributed by atoms with Crippen LogP contribution in [0, 0.1) is 0 Å². The highest BCUT2D eigenvalue weighted by Crippen LogP contribution is 2.21. The van der Waals surface area contributed by atoms with Crippen molar-refractivity contribution >= 4 is 16.5 Å². The summed E-state index contributed by atoms with van der Waals surface area (Å²) in [5.74, 6) is 0. The Hall–Kier alpha value is -1.51. The number of hydrogen-bond donors (Lipinski definition) is 2. The fraction of sp³-hybridized carbons (Fsp3) is 0.444. The molecule has 1 aliphatic rings. The Morgan fingerprint density at radius 3 is 3.35 bits per heavy atom. The molecule has 3 heterocycles. The number of rotatable bonds is 3. The highest BCUT2D eigenvalue weighted by molar-refractivity contribution is 7.17. The van der Waals surface area contributed by atoms with Crippen molar-refractivity contribution in [3.63, 3.8) is 0 Å². The lowest BCUT2D eigenvalue weighted by atomic mass is 10.4. The molecule has 2 aromatic rings. The smallest absolute Gasteiger partial charge is 0.186 e. The van der Waals surface area contributed by atoms with Gasteiger partial charge in [-0.15, -0.1) is 0 Å². The summed E-state index contributed by atoms with van der Waals surface area (Å²) in [6.07, 6.45) is 4.90. The van der Waals surface area contributed by atoms with E-state index in [1.807, 2.05) is 0 Å². The van der Waals surface area contributed by atoms with Gasteiger partial charge in [0.05, 0.1) is 12.8 Å². The van der Waals surface area contributed by atoms with Gasteiger partial charge in [-0.3, -0.25) is 0 Å². The highest BCUT2D eigenvalue weighted by Gasteiger charge is 2.14. The minimum atomic E-state index is -0.0153. The normalized spacial score (nSPS) is 20.4. The van der Waals surface area contributed by atoms with Crippen LogP contribution >= 0.6 is 11.3 Å². The Bertz CT molecular complexity index is 464. The number of thiazole rings is 1. The molecule has 2 aromatic heterocycles. The number of ether oxygens (including phenoxy) is 1. The molecule has 0 radical (unpaired) electrons. The largest absolute Gasteiger partial charge is 0.356 e. The molecule has 90 valence electrons. The topological polar surface area (TPSA) is 76.9 Å². The Morgan fingerprint density at radius 1 is 1.59 bits per heavy atom. The summed E-state index contributed by atoms with van der Waals surface area (Å²) in [4.78, 5) is 8.18. The van der Waals surface area contributed by atoms with E-state index >= 15 is 0 Å². The molecule has 0 amide bonds. The fourth-order valence-electron chi connectivity index (χ4n) is 1.56. The van der Waals surface area contributed by atoms with Crippen molar-refractivity contribution in [2.24, 2.45) is 0 Å². The molecule has 1 unspecified atom stereocenters. The van der Waals surface area contributed by atoms with Crippen LogP contribution in [-0.2, 0) is 4.74 Å². The lowest BCUT2D eigenvalue weighted by molar-refractivity contribution is 0.0468. The van der Waals surface area contributed by atoms with E-state index in [1.165, 1.54) is 17.7 Å². The van der Waals surface area contributed by atoms with E-state index in [4.69, 9.17) is 4.74 Å². The maximum Gasteiger partial charge on any atom is 0.186 e. The minimum absolute atomic E-state index is 0.0153. The van der Waals surface area contributed by atoms with Crippen LogP contribution in [0.3, 0.4) is 0 Å². The molecular weight excluding hydrogens is 240 g/mol. The van der Waals surface area contributed by atoms with Crippen molar-refractivity contribution < 1.29 is 4.74 Å². The van der Waals surface area contributed by atoms with Gasteiger partial charge in [0.2, 0.25) is 0 Å². The van der Waals surface area contributed by atoms with Crippen LogP contribution < -0.4 is 10.6 Å². The molecule has 1 saturated heterocycles. The standard InChI is InChI=1S/C9H12N6OS/c1-2-16-7(3-10-1)14-9-12-4-8(17-9)15-6-11-5-13-15/h4-7,10H,1-3H2,(H,12,14). The Morgan fingerprint density at radius 2 is 2.59 bits per heavy atom. The van der Waals surface area contributed by atoms with Crippen LogP contribution in [0.5, 0.6) is 0 Å². The molecule has 1 atom stereocenters. The highest BCUT2D eigenvalue weighted by atomic mass is 32.1. The van der Waals surface area contributed by atoms with Crippen LogP contribution in [0.1, 0.15) is 0 Å². The zero-order valence-corrected chi connectivity index (χ0v) is 9.85. The van der Waals surface area contributed by atoms with Crippen molar-refractivity contribution in [2.45, 2.75) is 6.23 Å². The number of nitrogens with zero attached hydrogens (tertiary/aromatic N) is 4. The van der Waals surface area contributed by atoms with Crippen molar-refractivity contribution in [3.05, 3.63) is 18.9 Å². The first kappa shape index (κ1) is 10.6. The summed E-state index contributed by atoms with van der Waals surface area (Å²) >= 11 is 1.51. The van der Waals surface area contributed by atoms with E-state index in [2.05, 4.69) is 25.7 Å². The molecular formula is C9H12N6OS. The summed E-state index contributed by atoms with van der Waals surface area (Å²) < 4.78 is 7.22. The third-order valence-electron chi connectivity index (χ3n) is 2.35. The number of anilines is 1. The maximum absolute atomic E-state index is 5.54. The average Bonchev–Trinajstić information content (AvgIpc) is 3.00. The maximum atomic E-state index is 5.54. The van der Waals surface area contributed by atoms with Crippen molar-refractivity contribution in [3.8, 4) is 5.00 Å². The van der Waals surface area contributed by atoms with Crippen LogP contribution in [0.4, 0.5) is 5.13 Å². The van der Waals surface area contributed by atoms with E-state index in [-0.39, 0.29) is 6.23 Å². The van der Waals surface area contributed by atoms with Crippen molar-refractivity contribution in [1.29, 1.82) is 0 Å². The van der Waals surface area contributed by atoms with Crippen LogP contribution in [0.15, 0.2) is 18.9 Å². The molecule has 1 aliphatic heterocycles. The molecule has 0 spiro atoms. The number of aromatic nitrogens is 4. The molecule has 0 aliphatic carbocycles. The third-order valence-corrected chi connectivity index (χ3v) is 3.27. The third kappa shape index (κ3) is 2.43. The van der Waals surface area contributed by atoms with Gasteiger partial charge in [0.1, 0.15) is 23.9 Å². The van der Waals surface area contributed by atoms with Crippen molar-refractivity contribution in [1.82, 2.24) is 25.1 Å². The zero-order valence-electron chi connectivity index (χ0n) is 9.04. The predicted molar refractivity (Wildman–Crippen MR) is 63.3 cm³/mol.